The summed E-state index contributed by atoms with van der Waals surface area (Å²) >= 11 is 12.0. The molecule has 35 heavy (non-hydrogen) atoms. The van der Waals surface area contributed by atoms with Crippen LogP contribution in [0, 0.1) is 17.8 Å². The van der Waals surface area contributed by atoms with Crippen LogP contribution in [0.2, 0.25) is 0 Å². The number of ether oxygens (including phenoxy) is 1. The lowest BCUT2D eigenvalue weighted by Gasteiger charge is -2.34. The Morgan fingerprint density at radius 1 is 1.06 bits per heavy atom. The Labute approximate surface area is 222 Å². The Morgan fingerprint density at radius 3 is 2.49 bits per heavy atom. The lowest BCUT2D eigenvalue weighted by atomic mass is 9.76. The van der Waals surface area contributed by atoms with Crippen molar-refractivity contribution in [2.45, 2.75) is 121 Å². The number of nitrogens with two attached hydrogens (primary N) is 1. The van der Waals surface area contributed by atoms with Crippen LogP contribution in [0.1, 0.15) is 84.0 Å². The zero-order valence-electron chi connectivity index (χ0n) is 21.3. The number of allylic oxidation sites excluding steroid dienone is 1. The molecule has 7 unspecified atom stereocenters. The van der Waals surface area contributed by atoms with Gasteiger partial charge in [0, 0.05) is 24.5 Å². The molecule has 1 saturated carbocycles. The van der Waals surface area contributed by atoms with Crippen LogP contribution in [0.4, 0.5) is 0 Å². The van der Waals surface area contributed by atoms with E-state index in [9.17, 15) is 10.2 Å². The summed E-state index contributed by atoms with van der Waals surface area (Å²) < 4.78 is 8.01. The van der Waals surface area contributed by atoms with E-state index in [-0.39, 0.29) is 18.2 Å². The van der Waals surface area contributed by atoms with Crippen LogP contribution in [0.5, 0.6) is 0 Å². The van der Waals surface area contributed by atoms with Crippen molar-refractivity contribution >= 4 is 23.4 Å². The normalized spacial score (nSPS) is 34.3. The van der Waals surface area contributed by atoms with E-state index in [1.54, 1.807) is 4.42 Å². The first-order valence-electron chi connectivity index (χ1n) is 13.9. The predicted octanol–water partition coefficient (Wildman–Crippen LogP) is 4.01. The molecule has 0 amide bonds. The van der Waals surface area contributed by atoms with Gasteiger partial charge in [-0.25, -0.2) is 15.3 Å². The first-order valence-corrected chi connectivity index (χ1v) is 14.7. The molecule has 2 aliphatic carbocycles. The maximum Gasteiger partial charge on any atom is 0.143 e. The number of hydrazine groups is 1. The van der Waals surface area contributed by atoms with Crippen LogP contribution >= 0.6 is 23.4 Å². The maximum absolute atomic E-state index is 10.5. The van der Waals surface area contributed by atoms with Crippen LogP contribution in [-0.2, 0) is 4.74 Å². The maximum atomic E-state index is 10.5. The Balaban J connectivity index is 1.26. The van der Waals surface area contributed by atoms with E-state index in [0.29, 0.717) is 42.6 Å². The Kier molecular flexibility index (Phi) is 13.1. The molecule has 0 bridgehead atoms. The second kappa shape index (κ2) is 15.5. The number of aliphatic hydroxyl groups is 2. The molecule has 1 saturated heterocycles. The first kappa shape index (κ1) is 29.6. The van der Waals surface area contributed by atoms with Gasteiger partial charge in [0.25, 0.3) is 0 Å². The van der Waals surface area contributed by atoms with Gasteiger partial charge in [0.1, 0.15) is 12.5 Å². The Bertz CT molecular complexity index is 623. The number of aliphatic hydroxyl groups excluding tert-OH is 2. The molecule has 0 aromatic carbocycles. The van der Waals surface area contributed by atoms with Gasteiger partial charge in [-0.15, -0.1) is 11.6 Å². The SMILES string of the molecule is CCC(N)C1CCC(C2CCC(C(O)NNC(O)CCCC3C=CC(N(Cl)CCCl)CC3)O2)CC1. The van der Waals surface area contributed by atoms with E-state index in [0.717, 1.165) is 44.9 Å². The van der Waals surface area contributed by atoms with Crippen LogP contribution < -0.4 is 16.6 Å². The van der Waals surface area contributed by atoms with Gasteiger partial charge in [0.2, 0.25) is 0 Å². The molecule has 0 spiro atoms. The Morgan fingerprint density at radius 2 is 1.83 bits per heavy atom. The zero-order chi connectivity index (χ0) is 25.2. The molecule has 0 aromatic rings. The average molecular weight is 536 g/mol. The van der Waals surface area contributed by atoms with Crippen LogP contribution in [0.3, 0.4) is 0 Å². The van der Waals surface area contributed by atoms with E-state index in [2.05, 4.69) is 29.9 Å². The fourth-order valence-corrected chi connectivity index (χ4v) is 6.57. The summed E-state index contributed by atoms with van der Waals surface area (Å²) in [5, 5.41) is 20.8. The standard InChI is InChI=1S/C26H48Cl2N4O3/c1-2-22(29)19-8-10-20(11-9-19)23-14-15-24(35-23)26(34)31-30-25(33)5-3-4-18-6-12-21(13-7-18)32(28)17-16-27/h6,12,18-26,30-31,33-34H,2-5,7-11,13-17,29H2,1H3. The second-order valence-electron chi connectivity index (χ2n) is 10.8. The molecule has 1 heterocycles. The zero-order valence-corrected chi connectivity index (χ0v) is 22.8. The minimum absolute atomic E-state index is 0.226. The Hall–Kier alpha value is 0.0400. The third-order valence-electron chi connectivity index (χ3n) is 8.40. The number of rotatable bonds is 14. The molecule has 3 aliphatic rings. The summed E-state index contributed by atoms with van der Waals surface area (Å²) in [4.78, 5) is 0. The highest BCUT2D eigenvalue weighted by Gasteiger charge is 2.37. The molecule has 6 N–H and O–H groups in total. The third-order valence-corrected chi connectivity index (χ3v) is 8.99. The summed E-state index contributed by atoms with van der Waals surface area (Å²) in [6.45, 7) is 2.85. The van der Waals surface area contributed by atoms with Crippen LogP contribution in [-0.4, -0.2) is 63.8 Å². The highest BCUT2D eigenvalue weighted by atomic mass is 35.5. The number of alkyl halides is 1. The van der Waals surface area contributed by atoms with Crippen molar-refractivity contribution < 1.29 is 14.9 Å². The van der Waals surface area contributed by atoms with Gasteiger partial charge >= 0.3 is 0 Å². The largest absolute Gasteiger partial charge is 0.377 e. The summed E-state index contributed by atoms with van der Waals surface area (Å²) in [5.74, 6) is 2.28. The van der Waals surface area contributed by atoms with Gasteiger partial charge in [-0.05, 0) is 107 Å². The quantitative estimate of drug-likeness (QED) is 0.0753. The van der Waals surface area contributed by atoms with E-state index in [1.807, 2.05) is 0 Å². The third kappa shape index (κ3) is 9.38. The summed E-state index contributed by atoms with van der Waals surface area (Å²) in [5.41, 5.74) is 12.0. The number of nitrogens with one attached hydrogen (secondary N) is 2. The van der Waals surface area contributed by atoms with Crippen molar-refractivity contribution in [1.29, 1.82) is 0 Å². The van der Waals surface area contributed by atoms with Crippen molar-refractivity contribution in [2.24, 2.45) is 23.5 Å². The molecular weight excluding hydrogens is 487 g/mol. The molecule has 9 heteroatoms. The number of hydrogen-bond acceptors (Lipinski definition) is 7. The van der Waals surface area contributed by atoms with Gasteiger partial charge in [0.15, 0.2) is 0 Å². The molecule has 0 radical (unpaired) electrons. The monoisotopic (exact) mass is 534 g/mol. The van der Waals surface area contributed by atoms with Crippen LogP contribution in [0.15, 0.2) is 12.2 Å². The van der Waals surface area contributed by atoms with Crippen molar-refractivity contribution in [2.75, 3.05) is 12.4 Å². The van der Waals surface area contributed by atoms with Crippen molar-refractivity contribution in [3.8, 4) is 0 Å². The van der Waals surface area contributed by atoms with Gasteiger partial charge in [-0.3, -0.25) is 0 Å². The van der Waals surface area contributed by atoms with E-state index in [1.165, 1.54) is 25.7 Å². The van der Waals surface area contributed by atoms with E-state index < -0.39 is 12.5 Å². The minimum Gasteiger partial charge on any atom is -0.377 e. The predicted molar refractivity (Wildman–Crippen MR) is 143 cm³/mol. The highest BCUT2D eigenvalue weighted by molar-refractivity contribution is 6.19. The summed E-state index contributed by atoms with van der Waals surface area (Å²) in [6.07, 6.45) is 15.2. The second-order valence-corrected chi connectivity index (χ2v) is 11.6. The fraction of sp³-hybridized carbons (Fsp3) is 0.923. The molecule has 2 fully saturated rings. The number of hydrogen-bond donors (Lipinski definition) is 5. The molecule has 0 aromatic heterocycles. The molecule has 7 atom stereocenters. The van der Waals surface area contributed by atoms with Crippen molar-refractivity contribution in [1.82, 2.24) is 15.3 Å². The topological polar surface area (TPSA) is 103 Å². The summed E-state index contributed by atoms with van der Waals surface area (Å²) in [7, 11) is 0. The van der Waals surface area contributed by atoms with E-state index in [4.69, 9.17) is 33.8 Å². The van der Waals surface area contributed by atoms with Crippen LogP contribution in [0.25, 0.3) is 0 Å². The summed E-state index contributed by atoms with van der Waals surface area (Å²) in [6, 6.07) is 0.586. The lowest BCUT2D eigenvalue weighted by molar-refractivity contribution is -0.0801. The molecule has 7 nitrogen and oxygen atoms in total. The number of nitrogens with zero attached hydrogens (tertiary/aromatic N) is 1. The van der Waals surface area contributed by atoms with Gasteiger partial charge in [-0.1, -0.05) is 19.1 Å². The van der Waals surface area contributed by atoms with Gasteiger partial charge in [0.05, 0.1) is 12.2 Å². The van der Waals surface area contributed by atoms with Gasteiger partial charge < -0.3 is 20.7 Å². The molecular formula is C26H48Cl2N4O3. The molecule has 1 aliphatic heterocycles. The molecule has 204 valence electrons. The van der Waals surface area contributed by atoms with Gasteiger partial charge in [-0.2, -0.15) is 0 Å². The van der Waals surface area contributed by atoms with E-state index >= 15 is 0 Å². The molecule has 3 rings (SSSR count). The highest BCUT2D eigenvalue weighted by Crippen LogP contribution is 2.38. The fourth-order valence-electron chi connectivity index (χ4n) is 6.05. The minimum atomic E-state index is -0.829. The van der Waals surface area contributed by atoms with Crippen molar-refractivity contribution in [3.05, 3.63) is 12.2 Å². The number of halogens is 2. The average Bonchev–Trinajstić information content (AvgIpc) is 3.38. The van der Waals surface area contributed by atoms with Crippen molar-refractivity contribution in [3.63, 3.8) is 0 Å². The smallest absolute Gasteiger partial charge is 0.143 e. The lowest BCUT2D eigenvalue weighted by Crippen LogP contribution is -2.51. The first-order chi connectivity index (χ1) is 16.9.